The maximum atomic E-state index is 5.91. The zero-order chi connectivity index (χ0) is 12.4. The summed E-state index contributed by atoms with van der Waals surface area (Å²) >= 11 is 9.32. The Kier molecular flexibility index (Phi) is 3.74. The van der Waals surface area contributed by atoms with Crippen molar-refractivity contribution < 1.29 is 4.74 Å². The van der Waals surface area contributed by atoms with Crippen molar-refractivity contribution in [3.05, 3.63) is 45.4 Å². The molecular weight excluding hydrogens is 304 g/mol. The first-order valence-electron chi connectivity index (χ1n) is 5.13. The first-order valence-corrected chi connectivity index (χ1v) is 6.30. The highest BCUT2D eigenvalue weighted by Gasteiger charge is 2.06. The number of hydrogen-bond acceptors (Lipinski definition) is 2. The molecule has 0 radical (unpaired) electrons. The van der Waals surface area contributed by atoms with Crippen LogP contribution in [0, 0.1) is 6.92 Å². The summed E-state index contributed by atoms with van der Waals surface area (Å²) in [4.78, 5) is 4.18. The molecule has 2 rings (SSSR count). The summed E-state index contributed by atoms with van der Waals surface area (Å²) in [5, 5.41) is 0.606. The molecule has 0 aliphatic rings. The van der Waals surface area contributed by atoms with Crippen LogP contribution in [0.2, 0.25) is 5.15 Å². The molecule has 1 heterocycles. The van der Waals surface area contributed by atoms with E-state index in [-0.39, 0.29) is 0 Å². The van der Waals surface area contributed by atoms with E-state index in [2.05, 4.69) is 20.9 Å². The fourth-order valence-corrected chi connectivity index (χ4v) is 1.92. The van der Waals surface area contributed by atoms with E-state index in [9.17, 15) is 0 Å². The molecule has 0 saturated carbocycles. The number of halogens is 2. The fraction of sp³-hybridized carbons (Fsp3) is 0.250. The molecule has 0 saturated heterocycles. The smallest absolute Gasteiger partial charge is 0.147 e. The van der Waals surface area contributed by atoms with Gasteiger partial charge in [-0.15, -0.1) is 0 Å². The maximum absolute atomic E-state index is 5.91. The van der Waals surface area contributed by atoms with Crippen LogP contribution in [0.15, 0.2) is 28.9 Å². The third-order valence-electron chi connectivity index (χ3n) is 2.53. The van der Waals surface area contributed by atoms with E-state index in [4.69, 9.17) is 16.3 Å². The van der Waals surface area contributed by atoms with Gasteiger partial charge < -0.3 is 9.30 Å². The molecule has 5 heteroatoms. The Hall–Kier alpha value is -1.00. The Bertz CT molecular complexity index is 539. The van der Waals surface area contributed by atoms with E-state index in [1.54, 1.807) is 10.8 Å². The topological polar surface area (TPSA) is 27.1 Å². The number of ether oxygens (including phenoxy) is 1. The number of hydrogen-bond donors (Lipinski definition) is 0. The van der Waals surface area contributed by atoms with Crippen LogP contribution in [0.4, 0.5) is 0 Å². The highest BCUT2D eigenvalue weighted by molar-refractivity contribution is 9.10. The molecule has 0 bridgehead atoms. The van der Waals surface area contributed by atoms with Gasteiger partial charge in [-0.25, -0.2) is 4.98 Å². The number of aromatic nitrogens is 2. The van der Waals surface area contributed by atoms with Gasteiger partial charge in [0, 0.05) is 11.5 Å². The third kappa shape index (κ3) is 2.82. The molecule has 17 heavy (non-hydrogen) atoms. The number of rotatable bonds is 3. The number of benzene rings is 1. The summed E-state index contributed by atoms with van der Waals surface area (Å²) in [6.07, 6.45) is 1.62. The minimum Gasteiger partial charge on any atom is -0.485 e. The third-order valence-corrected chi connectivity index (χ3v) is 3.38. The monoisotopic (exact) mass is 314 g/mol. The largest absolute Gasteiger partial charge is 0.485 e. The second kappa shape index (κ2) is 5.10. The van der Waals surface area contributed by atoms with Crippen LogP contribution in [0.3, 0.4) is 0 Å². The van der Waals surface area contributed by atoms with Gasteiger partial charge in [-0.1, -0.05) is 33.6 Å². The molecule has 0 unspecified atom stereocenters. The molecular formula is C12H12BrClN2O. The van der Waals surface area contributed by atoms with Crippen LogP contribution in [-0.4, -0.2) is 9.55 Å². The van der Waals surface area contributed by atoms with Gasteiger partial charge in [-0.3, -0.25) is 0 Å². The van der Waals surface area contributed by atoms with Gasteiger partial charge in [0.25, 0.3) is 0 Å². The van der Waals surface area contributed by atoms with Crippen molar-refractivity contribution in [1.29, 1.82) is 0 Å². The summed E-state index contributed by atoms with van der Waals surface area (Å²) in [7, 11) is 1.86. The van der Waals surface area contributed by atoms with Gasteiger partial charge in [0.15, 0.2) is 0 Å². The second-order valence-electron chi connectivity index (χ2n) is 3.75. The quantitative estimate of drug-likeness (QED) is 0.863. The van der Waals surface area contributed by atoms with E-state index in [1.165, 1.54) is 0 Å². The van der Waals surface area contributed by atoms with Gasteiger partial charge >= 0.3 is 0 Å². The molecule has 0 aliphatic carbocycles. The van der Waals surface area contributed by atoms with E-state index in [1.807, 2.05) is 32.2 Å². The van der Waals surface area contributed by atoms with E-state index < -0.39 is 0 Å². The van der Waals surface area contributed by atoms with Crippen LogP contribution in [0.5, 0.6) is 5.75 Å². The van der Waals surface area contributed by atoms with Crippen LogP contribution in [0.1, 0.15) is 11.4 Å². The second-order valence-corrected chi connectivity index (χ2v) is 5.06. The predicted octanol–water partition coefficient (Wildman–Crippen LogP) is 3.72. The minimum atomic E-state index is 0.403. The van der Waals surface area contributed by atoms with Gasteiger partial charge in [-0.05, 0) is 24.6 Å². The SMILES string of the molecule is Cc1ccc(Br)cc1OCc1ncc(Cl)n1C. The molecule has 1 aromatic carbocycles. The molecule has 0 spiro atoms. The average Bonchev–Trinajstić information content (AvgIpc) is 2.62. The normalized spacial score (nSPS) is 10.6. The standard InChI is InChI=1S/C12H12BrClN2O/c1-8-3-4-9(13)5-10(8)17-7-12-15-6-11(14)16(12)2/h3-6H,7H2,1-2H3. The van der Waals surface area contributed by atoms with Crippen LogP contribution in [0.25, 0.3) is 0 Å². The zero-order valence-electron chi connectivity index (χ0n) is 9.58. The van der Waals surface area contributed by atoms with Gasteiger partial charge in [0.05, 0.1) is 6.20 Å². The number of nitrogens with zero attached hydrogens (tertiary/aromatic N) is 2. The van der Waals surface area contributed by atoms with Crippen molar-refractivity contribution in [2.75, 3.05) is 0 Å². The highest BCUT2D eigenvalue weighted by atomic mass is 79.9. The Morgan fingerprint density at radius 1 is 1.47 bits per heavy atom. The lowest BCUT2D eigenvalue weighted by Crippen LogP contribution is -2.04. The Morgan fingerprint density at radius 2 is 2.24 bits per heavy atom. The Morgan fingerprint density at radius 3 is 2.88 bits per heavy atom. The molecule has 90 valence electrons. The first kappa shape index (κ1) is 12.5. The molecule has 1 aromatic heterocycles. The summed E-state index contributed by atoms with van der Waals surface area (Å²) in [6.45, 7) is 2.41. The van der Waals surface area contributed by atoms with Crippen molar-refractivity contribution in [2.45, 2.75) is 13.5 Å². The van der Waals surface area contributed by atoms with E-state index in [0.717, 1.165) is 21.6 Å². The Labute approximate surface area is 114 Å². The summed E-state index contributed by atoms with van der Waals surface area (Å²) in [6, 6.07) is 5.94. The van der Waals surface area contributed by atoms with Crippen molar-refractivity contribution in [3.63, 3.8) is 0 Å². The lowest BCUT2D eigenvalue weighted by Gasteiger charge is -2.09. The van der Waals surface area contributed by atoms with Crippen LogP contribution in [-0.2, 0) is 13.7 Å². The number of aryl methyl sites for hydroxylation is 1. The van der Waals surface area contributed by atoms with E-state index in [0.29, 0.717) is 11.8 Å². The molecule has 2 aromatic rings. The summed E-state index contributed by atoms with van der Waals surface area (Å²) < 4.78 is 8.52. The fourth-order valence-electron chi connectivity index (χ4n) is 1.43. The lowest BCUT2D eigenvalue weighted by molar-refractivity contribution is 0.289. The minimum absolute atomic E-state index is 0.403. The number of imidazole rings is 1. The van der Waals surface area contributed by atoms with Crippen molar-refractivity contribution in [1.82, 2.24) is 9.55 Å². The first-order chi connectivity index (χ1) is 8.08. The molecule has 3 nitrogen and oxygen atoms in total. The average molecular weight is 316 g/mol. The molecule has 0 amide bonds. The van der Waals surface area contributed by atoms with Crippen molar-refractivity contribution in [3.8, 4) is 5.75 Å². The molecule has 0 atom stereocenters. The van der Waals surface area contributed by atoms with Gasteiger partial charge in [-0.2, -0.15) is 0 Å². The lowest BCUT2D eigenvalue weighted by atomic mass is 10.2. The molecule has 0 aliphatic heterocycles. The summed E-state index contributed by atoms with van der Waals surface area (Å²) in [5.41, 5.74) is 1.09. The van der Waals surface area contributed by atoms with Gasteiger partial charge in [0.2, 0.25) is 0 Å². The highest BCUT2D eigenvalue weighted by Crippen LogP contribution is 2.23. The maximum Gasteiger partial charge on any atom is 0.147 e. The zero-order valence-corrected chi connectivity index (χ0v) is 11.9. The molecule has 0 fully saturated rings. The van der Waals surface area contributed by atoms with E-state index >= 15 is 0 Å². The Balaban J connectivity index is 2.12. The van der Waals surface area contributed by atoms with Crippen molar-refractivity contribution in [2.24, 2.45) is 7.05 Å². The van der Waals surface area contributed by atoms with Crippen molar-refractivity contribution >= 4 is 27.5 Å². The molecule has 0 N–H and O–H groups in total. The summed E-state index contributed by atoms with van der Waals surface area (Å²) in [5.74, 6) is 1.65. The van der Waals surface area contributed by atoms with Gasteiger partial charge in [0.1, 0.15) is 23.3 Å². The van der Waals surface area contributed by atoms with Crippen LogP contribution >= 0.6 is 27.5 Å². The van der Waals surface area contributed by atoms with Crippen LogP contribution < -0.4 is 4.74 Å². The predicted molar refractivity (Wildman–Crippen MR) is 71.4 cm³/mol.